The summed E-state index contributed by atoms with van der Waals surface area (Å²) in [5, 5.41) is 8.73. The van der Waals surface area contributed by atoms with Crippen molar-refractivity contribution in [1.82, 2.24) is 16.0 Å². The molecule has 3 N–H and O–H groups in total. The summed E-state index contributed by atoms with van der Waals surface area (Å²) in [6.07, 6.45) is -0.195. The van der Waals surface area contributed by atoms with Gasteiger partial charge in [-0.1, -0.05) is 0 Å². The van der Waals surface area contributed by atoms with Crippen LogP contribution in [-0.2, 0) is 11.2 Å². The van der Waals surface area contributed by atoms with Gasteiger partial charge in [0.1, 0.15) is 17.2 Å². The third-order valence-electron chi connectivity index (χ3n) is 3.09. The predicted octanol–water partition coefficient (Wildman–Crippen LogP) is 3.21. The van der Waals surface area contributed by atoms with E-state index < -0.39 is 23.3 Å². The van der Waals surface area contributed by atoms with Crippen molar-refractivity contribution in [2.75, 3.05) is 26.2 Å². The number of ether oxygens (including phenoxy) is 1. The normalized spacial score (nSPS) is 11.4. The maximum Gasteiger partial charge on any atom is 0.407 e. The molecule has 0 fully saturated rings. The van der Waals surface area contributed by atoms with Gasteiger partial charge in [-0.05, 0) is 57.9 Å². The number of benzene rings is 1. The van der Waals surface area contributed by atoms with Crippen LogP contribution in [0.5, 0.6) is 0 Å². The van der Waals surface area contributed by atoms with Crippen molar-refractivity contribution in [3.63, 3.8) is 0 Å². The molecular formula is C18H29F2IN4O2. The standard InChI is InChI=1S/C18H28F2N4O2.HI/c1-5-21-16(23-10-11-24-17(25)26-18(2,3)4)22-9-8-13-12-14(19)6-7-15(13)20;/h6-7,12H,5,8-11H2,1-4H3,(H,24,25)(H2,21,22,23);1H. The number of alkyl carbamates (subject to hydrolysis) is 1. The minimum Gasteiger partial charge on any atom is -0.444 e. The van der Waals surface area contributed by atoms with Gasteiger partial charge in [-0.3, -0.25) is 4.99 Å². The molecule has 0 aromatic heterocycles. The molecule has 9 heteroatoms. The average molecular weight is 498 g/mol. The zero-order valence-electron chi connectivity index (χ0n) is 16.2. The number of hydrogen-bond acceptors (Lipinski definition) is 3. The molecule has 0 saturated heterocycles. The molecule has 0 bridgehead atoms. The van der Waals surface area contributed by atoms with E-state index in [0.717, 1.165) is 12.1 Å². The number of rotatable bonds is 7. The van der Waals surface area contributed by atoms with Gasteiger partial charge in [-0.15, -0.1) is 24.0 Å². The fourth-order valence-electron chi connectivity index (χ4n) is 2.02. The van der Waals surface area contributed by atoms with E-state index in [2.05, 4.69) is 20.9 Å². The van der Waals surface area contributed by atoms with Gasteiger partial charge < -0.3 is 20.7 Å². The molecule has 27 heavy (non-hydrogen) atoms. The molecule has 0 aliphatic heterocycles. The second kappa shape index (κ2) is 12.7. The van der Waals surface area contributed by atoms with Crippen molar-refractivity contribution < 1.29 is 18.3 Å². The summed E-state index contributed by atoms with van der Waals surface area (Å²) in [5.74, 6) is -0.375. The first-order chi connectivity index (χ1) is 12.2. The van der Waals surface area contributed by atoms with Gasteiger partial charge in [0.25, 0.3) is 0 Å². The Morgan fingerprint density at radius 2 is 1.81 bits per heavy atom. The molecule has 0 radical (unpaired) electrons. The molecule has 1 rings (SSSR count). The molecule has 0 atom stereocenters. The largest absolute Gasteiger partial charge is 0.444 e. The lowest BCUT2D eigenvalue weighted by Crippen LogP contribution is -2.42. The van der Waals surface area contributed by atoms with Crippen molar-refractivity contribution >= 4 is 36.0 Å². The molecule has 0 saturated carbocycles. The Kier molecular flexibility index (Phi) is 11.9. The fraction of sp³-hybridized carbons (Fsp3) is 0.556. The van der Waals surface area contributed by atoms with Crippen LogP contribution in [0.1, 0.15) is 33.3 Å². The van der Waals surface area contributed by atoms with Gasteiger partial charge in [0.2, 0.25) is 0 Å². The molecule has 6 nitrogen and oxygen atoms in total. The molecule has 1 aromatic carbocycles. The molecule has 0 spiro atoms. The van der Waals surface area contributed by atoms with E-state index in [-0.39, 0.29) is 36.0 Å². The summed E-state index contributed by atoms with van der Waals surface area (Å²) in [7, 11) is 0. The molecule has 0 aliphatic carbocycles. The van der Waals surface area contributed by atoms with Crippen LogP contribution in [0.4, 0.5) is 13.6 Å². The molecule has 0 heterocycles. The number of carbonyl (C=O) groups excluding carboxylic acids is 1. The lowest BCUT2D eigenvalue weighted by atomic mass is 10.1. The van der Waals surface area contributed by atoms with Crippen molar-refractivity contribution in [3.8, 4) is 0 Å². The maximum absolute atomic E-state index is 13.6. The van der Waals surface area contributed by atoms with Crippen LogP contribution in [0, 0.1) is 11.6 Å². The van der Waals surface area contributed by atoms with E-state index in [4.69, 9.17) is 4.74 Å². The monoisotopic (exact) mass is 498 g/mol. The number of amides is 1. The summed E-state index contributed by atoms with van der Waals surface area (Å²) in [4.78, 5) is 15.9. The van der Waals surface area contributed by atoms with Gasteiger partial charge in [0, 0.05) is 26.2 Å². The van der Waals surface area contributed by atoms with Crippen molar-refractivity contribution in [2.45, 2.75) is 39.7 Å². The van der Waals surface area contributed by atoms with Crippen molar-refractivity contribution in [2.24, 2.45) is 4.99 Å². The smallest absolute Gasteiger partial charge is 0.407 e. The van der Waals surface area contributed by atoms with Crippen molar-refractivity contribution in [1.29, 1.82) is 0 Å². The number of aliphatic imine (C=N–C) groups is 1. The highest BCUT2D eigenvalue weighted by molar-refractivity contribution is 14.0. The quantitative estimate of drug-likeness (QED) is 0.234. The first-order valence-corrected chi connectivity index (χ1v) is 8.64. The minimum atomic E-state index is -0.542. The third-order valence-corrected chi connectivity index (χ3v) is 3.09. The van der Waals surface area contributed by atoms with E-state index in [9.17, 15) is 13.6 Å². The Balaban J connectivity index is 0.00000676. The van der Waals surface area contributed by atoms with Gasteiger partial charge in [0.05, 0.1) is 0 Å². The lowest BCUT2D eigenvalue weighted by Gasteiger charge is -2.19. The Morgan fingerprint density at radius 3 is 2.44 bits per heavy atom. The van der Waals surface area contributed by atoms with E-state index >= 15 is 0 Å². The molecule has 0 unspecified atom stereocenters. The summed E-state index contributed by atoms with van der Waals surface area (Å²) >= 11 is 0. The molecule has 154 valence electrons. The van der Waals surface area contributed by atoms with Crippen LogP contribution in [-0.4, -0.2) is 43.8 Å². The first kappa shape index (κ1) is 25.4. The lowest BCUT2D eigenvalue weighted by molar-refractivity contribution is 0.0529. The van der Waals surface area contributed by atoms with Crippen LogP contribution in [0.3, 0.4) is 0 Å². The number of nitrogens with one attached hydrogen (secondary N) is 3. The number of guanidine groups is 1. The van der Waals surface area contributed by atoms with E-state index in [1.807, 2.05) is 6.92 Å². The van der Waals surface area contributed by atoms with Gasteiger partial charge >= 0.3 is 6.09 Å². The highest BCUT2D eigenvalue weighted by Crippen LogP contribution is 2.10. The molecule has 0 aliphatic rings. The van der Waals surface area contributed by atoms with Crippen molar-refractivity contribution in [3.05, 3.63) is 35.4 Å². The Labute approximate surface area is 176 Å². The highest BCUT2D eigenvalue weighted by Gasteiger charge is 2.15. The van der Waals surface area contributed by atoms with Crippen LogP contribution in [0.25, 0.3) is 0 Å². The van der Waals surface area contributed by atoms with Gasteiger partial charge in [-0.25, -0.2) is 13.6 Å². The fourth-order valence-corrected chi connectivity index (χ4v) is 2.02. The van der Waals surface area contributed by atoms with E-state index in [1.54, 1.807) is 20.8 Å². The second-order valence-electron chi connectivity index (χ2n) is 6.60. The summed E-state index contributed by atoms with van der Waals surface area (Å²) < 4.78 is 31.9. The third kappa shape index (κ3) is 11.6. The summed E-state index contributed by atoms with van der Waals surface area (Å²) in [6, 6.07) is 3.38. The van der Waals surface area contributed by atoms with Crippen LogP contribution in [0.2, 0.25) is 0 Å². The minimum absolute atomic E-state index is 0. The predicted molar refractivity (Wildman–Crippen MR) is 114 cm³/mol. The number of halogens is 3. The van der Waals surface area contributed by atoms with Crippen LogP contribution < -0.4 is 16.0 Å². The average Bonchev–Trinajstić information content (AvgIpc) is 2.53. The van der Waals surface area contributed by atoms with Crippen LogP contribution in [0.15, 0.2) is 23.2 Å². The van der Waals surface area contributed by atoms with Gasteiger partial charge in [-0.2, -0.15) is 0 Å². The molecule has 1 aromatic rings. The summed E-state index contributed by atoms with van der Waals surface area (Å²) in [6.45, 7) is 9.06. The Bertz CT molecular complexity index is 622. The molecular weight excluding hydrogens is 469 g/mol. The number of hydrogen-bond donors (Lipinski definition) is 3. The Morgan fingerprint density at radius 1 is 1.15 bits per heavy atom. The SMILES string of the molecule is CCNC(=NCCc1cc(F)ccc1F)NCCNC(=O)OC(C)(C)C.I. The number of nitrogens with zero attached hydrogens (tertiary/aromatic N) is 1. The summed E-state index contributed by atoms with van der Waals surface area (Å²) in [5.41, 5.74) is -0.253. The highest BCUT2D eigenvalue weighted by atomic mass is 127. The van der Waals surface area contributed by atoms with E-state index in [0.29, 0.717) is 32.1 Å². The number of carbonyl (C=O) groups is 1. The topological polar surface area (TPSA) is 74.8 Å². The Hall–Kier alpha value is -1.65. The second-order valence-corrected chi connectivity index (χ2v) is 6.60. The zero-order chi connectivity index (χ0) is 19.6. The van der Waals surface area contributed by atoms with E-state index in [1.165, 1.54) is 6.07 Å². The first-order valence-electron chi connectivity index (χ1n) is 8.64. The maximum atomic E-state index is 13.6. The van der Waals surface area contributed by atoms with Gasteiger partial charge in [0.15, 0.2) is 5.96 Å². The zero-order valence-corrected chi connectivity index (χ0v) is 18.5. The van der Waals surface area contributed by atoms with Crippen LogP contribution >= 0.6 is 24.0 Å². The molecule has 1 amide bonds.